The van der Waals surface area contributed by atoms with E-state index in [9.17, 15) is 4.79 Å². The number of halogens is 2. The molecule has 1 aromatic rings. The second kappa shape index (κ2) is 6.99. The van der Waals surface area contributed by atoms with Crippen molar-refractivity contribution in [3.63, 3.8) is 0 Å². The molecular formula is C12H16BrClN2O. The molecule has 94 valence electrons. The predicted octanol–water partition coefficient (Wildman–Crippen LogP) is 2.67. The fraction of sp³-hybridized carbons (Fsp3) is 0.417. The molecule has 1 aromatic carbocycles. The largest absolute Gasteiger partial charge is 0.349 e. The van der Waals surface area contributed by atoms with Gasteiger partial charge in [0.25, 0.3) is 0 Å². The lowest BCUT2D eigenvalue weighted by Gasteiger charge is -2.11. The molecule has 0 atom stereocenters. The lowest BCUT2D eigenvalue weighted by Crippen LogP contribution is -2.26. The molecule has 0 aliphatic rings. The number of nitrogens with one attached hydrogen (secondary N) is 1. The molecule has 0 bridgehead atoms. The molecule has 0 unspecified atom stereocenters. The predicted molar refractivity (Wildman–Crippen MR) is 74.2 cm³/mol. The number of hydrogen-bond donors (Lipinski definition) is 1. The Labute approximate surface area is 115 Å². The molecule has 17 heavy (non-hydrogen) atoms. The van der Waals surface area contributed by atoms with Crippen molar-refractivity contribution in [1.82, 2.24) is 10.2 Å². The molecule has 0 fully saturated rings. The summed E-state index contributed by atoms with van der Waals surface area (Å²) in [5.74, 6) is 0.132. The normalized spacial score (nSPS) is 10.4. The first kappa shape index (κ1) is 14.5. The van der Waals surface area contributed by atoms with E-state index in [0.29, 0.717) is 18.0 Å². The zero-order valence-electron chi connectivity index (χ0n) is 9.96. The van der Waals surface area contributed by atoms with Crippen LogP contribution in [0.1, 0.15) is 12.0 Å². The van der Waals surface area contributed by atoms with Crippen molar-refractivity contribution in [3.05, 3.63) is 33.3 Å². The SMILES string of the molecule is CN(C)C(=O)CCNCc1ccc(Cl)cc1Br. The van der Waals surface area contributed by atoms with Crippen LogP contribution in [-0.4, -0.2) is 31.4 Å². The summed E-state index contributed by atoms with van der Waals surface area (Å²) in [6, 6.07) is 5.69. The Morgan fingerprint density at radius 2 is 2.18 bits per heavy atom. The van der Waals surface area contributed by atoms with E-state index in [1.165, 1.54) is 0 Å². The van der Waals surface area contributed by atoms with Gasteiger partial charge in [-0.3, -0.25) is 4.79 Å². The monoisotopic (exact) mass is 318 g/mol. The minimum Gasteiger partial charge on any atom is -0.349 e. The van der Waals surface area contributed by atoms with Crippen molar-refractivity contribution in [2.75, 3.05) is 20.6 Å². The van der Waals surface area contributed by atoms with Gasteiger partial charge >= 0.3 is 0 Å². The fourth-order valence-electron chi connectivity index (χ4n) is 1.31. The van der Waals surface area contributed by atoms with E-state index in [1.54, 1.807) is 19.0 Å². The van der Waals surface area contributed by atoms with E-state index in [1.807, 2.05) is 18.2 Å². The highest BCUT2D eigenvalue weighted by molar-refractivity contribution is 9.10. The van der Waals surface area contributed by atoms with Crippen molar-refractivity contribution in [3.8, 4) is 0 Å². The molecule has 0 saturated heterocycles. The van der Waals surface area contributed by atoms with Crippen molar-refractivity contribution >= 4 is 33.4 Å². The van der Waals surface area contributed by atoms with E-state index in [-0.39, 0.29) is 5.91 Å². The van der Waals surface area contributed by atoms with Crippen LogP contribution in [-0.2, 0) is 11.3 Å². The molecular weight excluding hydrogens is 304 g/mol. The maximum Gasteiger partial charge on any atom is 0.223 e. The topological polar surface area (TPSA) is 32.3 Å². The molecule has 0 radical (unpaired) electrons. The molecule has 0 spiro atoms. The maximum atomic E-state index is 11.3. The van der Waals surface area contributed by atoms with E-state index < -0.39 is 0 Å². The second-order valence-corrected chi connectivity index (χ2v) is 5.24. The quantitative estimate of drug-likeness (QED) is 0.846. The van der Waals surface area contributed by atoms with Gasteiger partial charge in [-0.25, -0.2) is 0 Å². The summed E-state index contributed by atoms with van der Waals surface area (Å²) in [7, 11) is 3.52. The van der Waals surface area contributed by atoms with Gasteiger partial charge in [-0.15, -0.1) is 0 Å². The highest BCUT2D eigenvalue weighted by atomic mass is 79.9. The van der Waals surface area contributed by atoms with Gasteiger partial charge in [0.1, 0.15) is 0 Å². The van der Waals surface area contributed by atoms with Crippen LogP contribution in [0, 0.1) is 0 Å². The van der Waals surface area contributed by atoms with Gasteiger partial charge in [-0.1, -0.05) is 33.6 Å². The van der Waals surface area contributed by atoms with Crippen LogP contribution in [0.25, 0.3) is 0 Å². The van der Waals surface area contributed by atoms with Gasteiger partial charge in [-0.05, 0) is 17.7 Å². The summed E-state index contributed by atoms with van der Waals surface area (Å²) < 4.78 is 0.983. The summed E-state index contributed by atoms with van der Waals surface area (Å²) in [4.78, 5) is 12.9. The Morgan fingerprint density at radius 1 is 1.47 bits per heavy atom. The highest BCUT2D eigenvalue weighted by Crippen LogP contribution is 2.21. The molecule has 0 aliphatic heterocycles. The van der Waals surface area contributed by atoms with Gasteiger partial charge in [0.05, 0.1) is 0 Å². The van der Waals surface area contributed by atoms with E-state index in [2.05, 4.69) is 21.2 Å². The zero-order valence-corrected chi connectivity index (χ0v) is 12.3. The Bertz CT molecular complexity index is 396. The molecule has 1 N–H and O–H groups in total. The molecule has 0 aliphatic carbocycles. The van der Waals surface area contributed by atoms with Gasteiger partial charge in [0.15, 0.2) is 0 Å². The minimum atomic E-state index is 0.132. The van der Waals surface area contributed by atoms with Crippen molar-refractivity contribution in [2.24, 2.45) is 0 Å². The molecule has 1 amide bonds. The van der Waals surface area contributed by atoms with Gasteiger partial charge in [-0.2, -0.15) is 0 Å². The van der Waals surface area contributed by atoms with E-state index in [4.69, 9.17) is 11.6 Å². The average Bonchev–Trinajstić information content (AvgIpc) is 2.26. The number of nitrogens with zero attached hydrogens (tertiary/aromatic N) is 1. The smallest absolute Gasteiger partial charge is 0.223 e. The van der Waals surface area contributed by atoms with E-state index in [0.717, 1.165) is 16.6 Å². The van der Waals surface area contributed by atoms with Crippen LogP contribution >= 0.6 is 27.5 Å². The average molecular weight is 320 g/mol. The third-order valence-corrected chi connectivity index (χ3v) is 3.32. The fourth-order valence-corrected chi connectivity index (χ4v) is 2.13. The summed E-state index contributed by atoms with van der Waals surface area (Å²) in [6.07, 6.45) is 0.512. The first-order valence-corrected chi connectivity index (χ1v) is 6.52. The van der Waals surface area contributed by atoms with Crippen LogP contribution < -0.4 is 5.32 Å². The van der Waals surface area contributed by atoms with Crippen LogP contribution in [0.2, 0.25) is 5.02 Å². The lowest BCUT2D eigenvalue weighted by molar-refractivity contribution is -0.128. The number of benzene rings is 1. The van der Waals surface area contributed by atoms with Crippen molar-refractivity contribution < 1.29 is 4.79 Å². The second-order valence-electron chi connectivity index (χ2n) is 3.95. The lowest BCUT2D eigenvalue weighted by atomic mass is 10.2. The van der Waals surface area contributed by atoms with E-state index >= 15 is 0 Å². The molecule has 1 rings (SSSR count). The highest BCUT2D eigenvalue weighted by Gasteiger charge is 2.04. The van der Waals surface area contributed by atoms with Crippen LogP contribution in [0.4, 0.5) is 0 Å². The Hall–Kier alpha value is -0.580. The summed E-state index contributed by atoms with van der Waals surface area (Å²) >= 11 is 9.31. The number of carbonyl (C=O) groups excluding carboxylic acids is 1. The van der Waals surface area contributed by atoms with Gasteiger partial charge in [0, 0.05) is 43.1 Å². The Kier molecular flexibility index (Phi) is 5.95. The standard InChI is InChI=1S/C12H16BrClN2O/c1-16(2)12(17)5-6-15-8-9-3-4-10(14)7-11(9)13/h3-4,7,15H,5-6,8H2,1-2H3. The summed E-state index contributed by atoms with van der Waals surface area (Å²) in [5, 5.41) is 3.94. The molecule has 3 nitrogen and oxygen atoms in total. The van der Waals surface area contributed by atoms with Crippen molar-refractivity contribution in [2.45, 2.75) is 13.0 Å². The van der Waals surface area contributed by atoms with Gasteiger partial charge in [0.2, 0.25) is 5.91 Å². The molecule has 0 aromatic heterocycles. The first-order chi connectivity index (χ1) is 8.00. The van der Waals surface area contributed by atoms with Crippen LogP contribution in [0.15, 0.2) is 22.7 Å². The number of carbonyl (C=O) groups is 1. The number of rotatable bonds is 5. The minimum absolute atomic E-state index is 0.132. The van der Waals surface area contributed by atoms with Crippen LogP contribution in [0.3, 0.4) is 0 Å². The zero-order chi connectivity index (χ0) is 12.8. The number of amides is 1. The third-order valence-electron chi connectivity index (χ3n) is 2.35. The van der Waals surface area contributed by atoms with Crippen LogP contribution in [0.5, 0.6) is 0 Å². The van der Waals surface area contributed by atoms with Gasteiger partial charge < -0.3 is 10.2 Å². The summed E-state index contributed by atoms with van der Waals surface area (Å²) in [5.41, 5.74) is 1.13. The number of hydrogen-bond acceptors (Lipinski definition) is 2. The first-order valence-electron chi connectivity index (χ1n) is 5.35. The third kappa shape index (κ3) is 5.06. The van der Waals surface area contributed by atoms with Crippen molar-refractivity contribution in [1.29, 1.82) is 0 Å². The molecule has 5 heteroatoms. The maximum absolute atomic E-state index is 11.3. The molecule has 0 saturated carbocycles. The molecule has 0 heterocycles. The Morgan fingerprint density at radius 3 is 2.76 bits per heavy atom. The Balaban J connectivity index is 2.34. The summed E-state index contributed by atoms with van der Waals surface area (Å²) in [6.45, 7) is 1.39.